The van der Waals surface area contributed by atoms with Gasteiger partial charge in [-0.15, -0.1) is 0 Å². The summed E-state index contributed by atoms with van der Waals surface area (Å²) in [5, 5.41) is 3.67. The quantitative estimate of drug-likeness (QED) is 0.789. The van der Waals surface area contributed by atoms with E-state index >= 15 is 0 Å². The second-order valence-corrected chi connectivity index (χ2v) is 6.90. The van der Waals surface area contributed by atoms with Crippen LogP contribution in [-0.4, -0.2) is 20.4 Å². The fourth-order valence-corrected chi connectivity index (χ4v) is 3.17. The molecule has 0 bridgehead atoms. The second kappa shape index (κ2) is 6.05. The maximum absolute atomic E-state index is 12.9. The molecule has 1 fully saturated rings. The summed E-state index contributed by atoms with van der Waals surface area (Å²) in [6.07, 6.45) is 3.56. The monoisotopic (exact) mass is 348 g/mol. The van der Waals surface area contributed by atoms with Crippen molar-refractivity contribution in [3.8, 4) is 11.1 Å². The summed E-state index contributed by atoms with van der Waals surface area (Å²) in [6, 6.07) is 7.43. The number of nitrogens with one attached hydrogen (secondary N) is 1. The number of amides is 1. The molecule has 1 amide bonds. The molecule has 3 heterocycles. The number of hydrogen-bond acceptors (Lipinski definition) is 4. The summed E-state index contributed by atoms with van der Waals surface area (Å²) in [5.41, 5.74) is 3.80. The summed E-state index contributed by atoms with van der Waals surface area (Å²) in [6.45, 7) is 3.83. The largest absolute Gasteiger partial charge is 0.311 e. The molecule has 1 aliphatic carbocycles. The van der Waals surface area contributed by atoms with Crippen molar-refractivity contribution in [2.24, 2.45) is 13.0 Å². The summed E-state index contributed by atoms with van der Waals surface area (Å²) in [7, 11) is 1.73. The van der Waals surface area contributed by atoms with E-state index in [-0.39, 0.29) is 17.4 Å². The second-order valence-electron chi connectivity index (χ2n) is 6.90. The van der Waals surface area contributed by atoms with Gasteiger partial charge in [-0.3, -0.25) is 14.6 Å². The smallest absolute Gasteiger partial charge is 0.258 e. The van der Waals surface area contributed by atoms with Gasteiger partial charge >= 0.3 is 0 Å². The lowest BCUT2D eigenvalue weighted by molar-refractivity contribution is -0.117. The van der Waals surface area contributed by atoms with Crippen molar-refractivity contribution in [2.45, 2.75) is 26.7 Å². The third kappa shape index (κ3) is 2.87. The summed E-state index contributed by atoms with van der Waals surface area (Å²) >= 11 is 0. The Bertz CT molecular complexity index is 1100. The van der Waals surface area contributed by atoms with Crippen molar-refractivity contribution < 1.29 is 4.79 Å². The minimum absolute atomic E-state index is 0.000162. The van der Waals surface area contributed by atoms with Gasteiger partial charge in [-0.2, -0.15) is 0 Å². The standard InChI is InChI=1S/C20H20N4O2/c1-11-4-7-15(12(2)22-11)16-8-14-10-21-18(23-19(25)13-5-6-13)9-17(14)24(3)20(16)26/h4,7-10,13H,5-6H2,1-3H3,(H,21,23,25). The van der Waals surface area contributed by atoms with Crippen LogP contribution in [0.15, 0.2) is 35.3 Å². The SMILES string of the molecule is Cc1ccc(-c2cc3cnc(NC(=O)C4CC4)cc3n(C)c2=O)c(C)n1. The molecule has 1 aliphatic rings. The Kier molecular flexibility index (Phi) is 3.83. The first-order chi connectivity index (χ1) is 12.4. The zero-order valence-corrected chi connectivity index (χ0v) is 15.0. The van der Waals surface area contributed by atoms with E-state index in [0.29, 0.717) is 11.4 Å². The van der Waals surface area contributed by atoms with Crippen molar-refractivity contribution in [1.29, 1.82) is 0 Å². The first-order valence-electron chi connectivity index (χ1n) is 8.69. The zero-order valence-electron chi connectivity index (χ0n) is 15.0. The molecule has 1 saturated carbocycles. The highest BCUT2D eigenvalue weighted by Gasteiger charge is 2.29. The molecule has 3 aromatic heterocycles. The third-order valence-electron chi connectivity index (χ3n) is 4.82. The summed E-state index contributed by atoms with van der Waals surface area (Å²) in [5.74, 6) is 0.584. The lowest BCUT2D eigenvalue weighted by atomic mass is 10.0. The number of aromatic nitrogens is 3. The molecule has 6 nitrogen and oxygen atoms in total. The normalized spacial score (nSPS) is 13.8. The Hall–Kier alpha value is -3.02. The number of aryl methyl sites for hydroxylation is 3. The van der Waals surface area contributed by atoms with E-state index < -0.39 is 0 Å². The van der Waals surface area contributed by atoms with Gasteiger partial charge in [0.15, 0.2) is 0 Å². The molecular formula is C20H20N4O2. The van der Waals surface area contributed by atoms with Gasteiger partial charge in [0.25, 0.3) is 5.56 Å². The molecular weight excluding hydrogens is 328 g/mol. The zero-order chi connectivity index (χ0) is 18.4. The predicted octanol–water partition coefficient (Wildman–Crippen LogP) is 2.96. The van der Waals surface area contributed by atoms with Crippen molar-refractivity contribution >= 4 is 22.6 Å². The summed E-state index contributed by atoms with van der Waals surface area (Å²) < 4.78 is 1.60. The molecule has 0 unspecified atom stereocenters. The fourth-order valence-electron chi connectivity index (χ4n) is 3.17. The number of carbonyl (C=O) groups is 1. The number of anilines is 1. The highest BCUT2D eigenvalue weighted by Crippen LogP contribution is 2.30. The molecule has 0 atom stereocenters. The number of pyridine rings is 3. The molecule has 3 aromatic rings. The van der Waals surface area contributed by atoms with Crippen molar-refractivity contribution in [2.75, 3.05) is 5.32 Å². The van der Waals surface area contributed by atoms with Gasteiger partial charge in [0.1, 0.15) is 5.82 Å². The lowest BCUT2D eigenvalue weighted by Crippen LogP contribution is -2.20. The van der Waals surface area contributed by atoms with E-state index in [2.05, 4.69) is 15.3 Å². The Morgan fingerprint density at radius 1 is 1.19 bits per heavy atom. The predicted molar refractivity (Wildman–Crippen MR) is 101 cm³/mol. The lowest BCUT2D eigenvalue weighted by Gasteiger charge is -2.12. The van der Waals surface area contributed by atoms with E-state index in [1.54, 1.807) is 23.9 Å². The minimum Gasteiger partial charge on any atom is -0.311 e. The van der Waals surface area contributed by atoms with Crippen molar-refractivity contribution in [3.63, 3.8) is 0 Å². The van der Waals surface area contributed by atoms with Gasteiger partial charge in [-0.25, -0.2) is 4.98 Å². The Morgan fingerprint density at radius 3 is 2.65 bits per heavy atom. The van der Waals surface area contributed by atoms with Crippen LogP contribution < -0.4 is 10.9 Å². The Morgan fingerprint density at radius 2 is 1.96 bits per heavy atom. The van der Waals surface area contributed by atoms with Crippen molar-refractivity contribution in [3.05, 3.63) is 52.2 Å². The van der Waals surface area contributed by atoms with E-state index in [1.807, 2.05) is 32.0 Å². The maximum Gasteiger partial charge on any atom is 0.258 e. The molecule has 0 radical (unpaired) electrons. The van der Waals surface area contributed by atoms with Gasteiger partial charge < -0.3 is 9.88 Å². The highest BCUT2D eigenvalue weighted by atomic mass is 16.2. The van der Waals surface area contributed by atoms with Gasteiger partial charge in [-0.1, -0.05) is 6.07 Å². The van der Waals surface area contributed by atoms with Crippen LogP contribution in [0.25, 0.3) is 22.0 Å². The molecule has 0 saturated heterocycles. The molecule has 6 heteroatoms. The van der Waals surface area contributed by atoms with Crippen LogP contribution in [0.4, 0.5) is 5.82 Å². The van der Waals surface area contributed by atoms with Crippen LogP contribution in [-0.2, 0) is 11.8 Å². The van der Waals surface area contributed by atoms with E-state index in [0.717, 1.165) is 40.7 Å². The third-order valence-corrected chi connectivity index (χ3v) is 4.82. The van der Waals surface area contributed by atoms with Gasteiger partial charge in [0.05, 0.1) is 5.52 Å². The molecule has 0 aliphatic heterocycles. The highest BCUT2D eigenvalue weighted by molar-refractivity contribution is 5.95. The number of hydrogen-bond donors (Lipinski definition) is 1. The maximum atomic E-state index is 12.9. The molecule has 1 N–H and O–H groups in total. The molecule has 26 heavy (non-hydrogen) atoms. The van der Waals surface area contributed by atoms with Crippen LogP contribution in [0.3, 0.4) is 0 Å². The number of fused-ring (bicyclic) bond motifs is 1. The minimum atomic E-state index is -0.100. The number of carbonyl (C=O) groups excluding carboxylic acids is 1. The molecule has 4 rings (SSSR count). The molecule has 0 spiro atoms. The Balaban J connectivity index is 1.81. The van der Waals surface area contributed by atoms with Crippen molar-refractivity contribution in [1.82, 2.24) is 14.5 Å². The number of rotatable bonds is 3. The van der Waals surface area contributed by atoms with Crippen LogP contribution in [0, 0.1) is 19.8 Å². The first kappa shape index (κ1) is 16.4. The van der Waals surface area contributed by atoms with Crippen LogP contribution in [0.1, 0.15) is 24.2 Å². The Labute approximate surface area is 150 Å². The topological polar surface area (TPSA) is 76.9 Å². The van der Waals surface area contributed by atoms with Crippen LogP contribution >= 0.6 is 0 Å². The van der Waals surface area contributed by atoms with E-state index in [1.165, 1.54) is 0 Å². The van der Waals surface area contributed by atoms with E-state index in [4.69, 9.17) is 0 Å². The molecule has 132 valence electrons. The van der Waals surface area contributed by atoms with Crippen LogP contribution in [0.5, 0.6) is 0 Å². The van der Waals surface area contributed by atoms with Gasteiger partial charge in [-0.05, 0) is 38.8 Å². The van der Waals surface area contributed by atoms with E-state index in [9.17, 15) is 9.59 Å². The fraction of sp³-hybridized carbons (Fsp3) is 0.300. The van der Waals surface area contributed by atoms with Gasteiger partial charge in [0.2, 0.25) is 5.91 Å². The summed E-state index contributed by atoms with van der Waals surface area (Å²) in [4.78, 5) is 33.6. The van der Waals surface area contributed by atoms with Gasteiger partial charge in [0, 0.05) is 53.1 Å². The first-order valence-corrected chi connectivity index (χ1v) is 8.69. The average Bonchev–Trinajstić information content (AvgIpc) is 3.44. The average molecular weight is 348 g/mol. The number of nitrogens with zero attached hydrogens (tertiary/aromatic N) is 3. The van der Waals surface area contributed by atoms with Crippen LogP contribution in [0.2, 0.25) is 0 Å². The molecule has 0 aromatic carbocycles.